The van der Waals surface area contributed by atoms with Gasteiger partial charge in [0.15, 0.2) is 0 Å². The van der Waals surface area contributed by atoms with E-state index < -0.39 is 24.9 Å². The van der Waals surface area contributed by atoms with Gasteiger partial charge in [-0.1, -0.05) is 30.3 Å². The number of carbonyl (C=O) groups is 1. The number of rotatable bonds is 6. The molecule has 0 radical (unpaired) electrons. The fraction of sp³-hybridized carbons (Fsp3) is 0.562. The average Bonchev–Trinajstić information content (AvgIpc) is 2.55. The summed E-state index contributed by atoms with van der Waals surface area (Å²) in [6, 6.07) is 8.62. The van der Waals surface area contributed by atoms with Crippen molar-refractivity contribution in [1.82, 2.24) is 9.80 Å². The Bertz CT molecular complexity index is 544. The van der Waals surface area contributed by atoms with E-state index in [9.17, 15) is 22.4 Å². The van der Waals surface area contributed by atoms with E-state index in [2.05, 4.69) is 0 Å². The van der Waals surface area contributed by atoms with Crippen molar-refractivity contribution in [2.24, 2.45) is 5.73 Å². The molecule has 0 saturated carbocycles. The van der Waals surface area contributed by atoms with Gasteiger partial charge in [-0.15, -0.1) is 24.8 Å². The van der Waals surface area contributed by atoms with Crippen molar-refractivity contribution in [2.45, 2.75) is 24.8 Å². The van der Waals surface area contributed by atoms with Gasteiger partial charge in [-0.05, 0) is 12.0 Å². The largest absolute Gasteiger partial charge is 0.339 e. The second-order valence-corrected chi connectivity index (χ2v) is 5.96. The number of carbonyl (C=O) groups excluding carboxylic acids is 1. The average molecular weight is 420 g/mol. The van der Waals surface area contributed by atoms with Crippen LogP contribution in [0.1, 0.15) is 5.56 Å². The summed E-state index contributed by atoms with van der Waals surface area (Å²) in [6.45, 7) is -0.317. The van der Waals surface area contributed by atoms with E-state index in [1.165, 1.54) is 9.80 Å². The monoisotopic (exact) mass is 419 g/mol. The first-order valence-electron chi connectivity index (χ1n) is 7.76. The number of piperazine rings is 1. The lowest BCUT2D eigenvalue weighted by Crippen LogP contribution is -2.55. The molecule has 0 aromatic heterocycles. The number of amides is 1. The summed E-state index contributed by atoms with van der Waals surface area (Å²) < 4.78 is 50.6. The van der Waals surface area contributed by atoms with E-state index in [4.69, 9.17) is 5.73 Å². The SMILES string of the molecule is Cl.Cl.NC(Cc1ccccc1)C(=O)N1CCN(CC(F)(F)C(F)F)CC1. The van der Waals surface area contributed by atoms with E-state index >= 15 is 0 Å². The highest BCUT2D eigenvalue weighted by molar-refractivity contribution is 5.85. The minimum Gasteiger partial charge on any atom is -0.339 e. The summed E-state index contributed by atoms with van der Waals surface area (Å²) >= 11 is 0. The van der Waals surface area contributed by atoms with Crippen LogP contribution in [0.3, 0.4) is 0 Å². The van der Waals surface area contributed by atoms with Gasteiger partial charge in [-0.2, -0.15) is 8.78 Å². The molecule has 4 nitrogen and oxygen atoms in total. The molecule has 1 heterocycles. The first-order valence-corrected chi connectivity index (χ1v) is 7.76. The van der Waals surface area contributed by atoms with Crippen LogP contribution in [0.25, 0.3) is 0 Å². The Morgan fingerprint density at radius 1 is 1.08 bits per heavy atom. The molecular weight excluding hydrogens is 397 g/mol. The summed E-state index contributed by atoms with van der Waals surface area (Å²) in [7, 11) is 0. The molecule has 0 aliphatic carbocycles. The van der Waals surface area contributed by atoms with Crippen LogP contribution in [-0.4, -0.2) is 66.8 Å². The lowest BCUT2D eigenvalue weighted by molar-refractivity contribution is -0.148. The lowest BCUT2D eigenvalue weighted by atomic mass is 10.1. The maximum absolute atomic E-state index is 13.1. The number of halogens is 6. The molecule has 1 fully saturated rings. The highest BCUT2D eigenvalue weighted by Crippen LogP contribution is 2.24. The Hall–Kier alpha value is -1.09. The molecule has 1 aliphatic heterocycles. The van der Waals surface area contributed by atoms with Gasteiger partial charge in [-0.25, -0.2) is 8.78 Å². The predicted molar refractivity (Wildman–Crippen MR) is 96.6 cm³/mol. The molecule has 1 atom stereocenters. The summed E-state index contributed by atoms with van der Waals surface area (Å²) in [5.41, 5.74) is 6.87. The molecule has 2 N–H and O–H groups in total. The van der Waals surface area contributed by atoms with Crippen LogP contribution in [0, 0.1) is 0 Å². The Balaban J connectivity index is 0.00000312. The minimum absolute atomic E-state index is 0. The molecule has 1 saturated heterocycles. The molecular formula is C16H23Cl2F4N3O. The van der Waals surface area contributed by atoms with Crippen molar-refractivity contribution in [3.8, 4) is 0 Å². The highest BCUT2D eigenvalue weighted by Gasteiger charge is 2.42. The molecule has 1 aromatic carbocycles. The van der Waals surface area contributed by atoms with Gasteiger partial charge in [0, 0.05) is 26.2 Å². The number of hydrogen-bond donors (Lipinski definition) is 1. The van der Waals surface area contributed by atoms with Crippen LogP contribution >= 0.6 is 24.8 Å². The first kappa shape index (κ1) is 24.9. The second-order valence-electron chi connectivity index (χ2n) is 5.96. The minimum atomic E-state index is -4.03. The zero-order valence-electron chi connectivity index (χ0n) is 14.0. The number of benzene rings is 1. The number of hydrogen-bond acceptors (Lipinski definition) is 3. The van der Waals surface area contributed by atoms with Crippen molar-refractivity contribution in [3.63, 3.8) is 0 Å². The van der Waals surface area contributed by atoms with Crippen molar-refractivity contribution in [1.29, 1.82) is 0 Å². The normalized spacial score (nSPS) is 16.6. The van der Waals surface area contributed by atoms with Crippen LogP contribution in [0.2, 0.25) is 0 Å². The topological polar surface area (TPSA) is 49.6 Å². The Kier molecular flexibility index (Phi) is 10.5. The maximum Gasteiger partial charge on any atom is 0.319 e. The summed E-state index contributed by atoms with van der Waals surface area (Å²) in [4.78, 5) is 15.1. The highest BCUT2D eigenvalue weighted by atomic mass is 35.5. The van der Waals surface area contributed by atoms with Crippen LogP contribution in [0.15, 0.2) is 30.3 Å². The molecule has 0 spiro atoms. The second kappa shape index (κ2) is 10.9. The maximum atomic E-state index is 13.1. The first-order chi connectivity index (χ1) is 11.3. The predicted octanol–water partition coefficient (Wildman–Crippen LogP) is 2.44. The van der Waals surface area contributed by atoms with Gasteiger partial charge in [0.2, 0.25) is 5.91 Å². The molecule has 1 aromatic rings. The Labute approximate surface area is 162 Å². The molecule has 0 bridgehead atoms. The third-order valence-electron chi connectivity index (χ3n) is 4.05. The van der Waals surface area contributed by atoms with E-state index in [-0.39, 0.29) is 56.9 Å². The standard InChI is InChI=1S/C16H21F4N3O.2ClH/c17-15(18)16(19,20)11-22-6-8-23(9-7-22)14(24)13(21)10-12-4-2-1-3-5-12;;/h1-5,13,15H,6-11,21H2;2*1H. The fourth-order valence-electron chi connectivity index (χ4n) is 2.68. The van der Waals surface area contributed by atoms with E-state index in [1.807, 2.05) is 30.3 Å². The van der Waals surface area contributed by atoms with E-state index in [1.54, 1.807) is 0 Å². The summed E-state index contributed by atoms with van der Waals surface area (Å²) in [5.74, 6) is -4.28. The van der Waals surface area contributed by atoms with Gasteiger partial charge in [0.05, 0.1) is 12.6 Å². The quantitative estimate of drug-likeness (QED) is 0.720. The van der Waals surface area contributed by atoms with Crippen molar-refractivity contribution >= 4 is 30.7 Å². The molecule has 1 amide bonds. The van der Waals surface area contributed by atoms with Gasteiger partial charge >= 0.3 is 12.3 Å². The Morgan fingerprint density at radius 3 is 2.12 bits per heavy atom. The molecule has 150 valence electrons. The van der Waals surface area contributed by atoms with Crippen LogP contribution in [0.5, 0.6) is 0 Å². The summed E-state index contributed by atoms with van der Waals surface area (Å²) in [5, 5.41) is 0. The summed E-state index contributed by atoms with van der Waals surface area (Å²) in [6.07, 6.45) is -3.29. The zero-order valence-corrected chi connectivity index (χ0v) is 15.6. The van der Waals surface area contributed by atoms with Gasteiger partial charge in [-0.3, -0.25) is 9.69 Å². The van der Waals surface area contributed by atoms with Gasteiger partial charge in [0.25, 0.3) is 0 Å². The molecule has 1 unspecified atom stereocenters. The van der Waals surface area contributed by atoms with Crippen LogP contribution < -0.4 is 5.73 Å². The van der Waals surface area contributed by atoms with Crippen molar-refractivity contribution < 1.29 is 22.4 Å². The van der Waals surface area contributed by atoms with Gasteiger partial charge in [0.1, 0.15) is 0 Å². The Morgan fingerprint density at radius 2 is 1.62 bits per heavy atom. The lowest BCUT2D eigenvalue weighted by Gasteiger charge is -2.37. The zero-order chi connectivity index (χ0) is 17.7. The molecule has 2 rings (SSSR count). The van der Waals surface area contributed by atoms with Crippen LogP contribution in [0.4, 0.5) is 17.6 Å². The number of nitrogens with two attached hydrogens (primary N) is 1. The van der Waals surface area contributed by atoms with Crippen molar-refractivity contribution in [3.05, 3.63) is 35.9 Å². The third-order valence-corrected chi connectivity index (χ3v) is 4.05. The van der Waals surface area contributed by atoms with Gasteiger partial charge < -0.3 is 10.6 Å². The molecule has 1 aliphatic rings. The number of nitrogens with zero attached hydrogens (tertiary/aromatic N) is 2. The molecule has 10 heteroatoms. The number of alkyl halides is 4. The fourth-order valence-corrected chi connectivity index (χ4v) is 2.68. The third kappa shape index (κ3) is 6.90. The molecule has 26 heavy (non-hydrogen) atoms. The van der Waals surface area contributed by atoms with Crippen molar-refractivity contribution in [2.75, 3.05) is 32.7 Å². The van der Waals surface area contributed by atoms with E-state index in [0.717, 1.165) is 5.56 Å². The smallest absolute Gasteiger partial charge is 0.319 e. The van der Waals surface area contributed by atoms with E-state index in [0.29, 0.717) is 6.42 Å². The van der Waals surface area contributed by atoms with Crippen LogP contribution in [-0.2, 0) is 11.2 Å².